The smallest absolute Gasteiger partial charge is 0.244 e. The van der Waals surface area contributed by atoms with E-state index in [1.54, 1.807) is 43.3 Å². The SMILES string of the molecule is Cc1ccc(N(CC(=O)N(Cc2ccc(Cl)cc2)[C@@H](Cc2ccccc2)C(=O)NCC(C)C)S(C)(=O)=O)cc1Cl. The van der Waals surface area contributed by atoms with E-state index in [1.165, 1.54) is 11.0 Å². The molecule has 40 heavy (non-hydrogen) atoms. The number of halogens is 2. The van der Waals surface area contributed by atoms with Gasteiger partial charge in [0.2, 0.25) is 21.8 Å². The molecule has 0 unspecified atom stereocenters. The van der Waals surface area contributed by atoms with Crippen molar-refractivity contribution in [2.24, 2.45) is 5.92 Å². The Morgan fingerprint density at radius 1 is 0.925 bits per heavy atom. The number of benzene rings is 3. The largest absolute Gasteiger partial charge is 0.354 e. The molecule has 0 fully saturated rings. The first kappa shape index (κ1) is 31.5. The Kier molecular flexibility index (Phi) is 11.0. The average Bonchev–Trinajstić information content (AvgIpc) is 2.90. The summed E-state index contributed by atoms with van der Waals surface area (Å²) < 4.78 is 26.8. The number of carbonyl (C=O) groups is 2. The zero-order valence-corrected chi connectivity index (χ0v) is 25.4. The van der Waals surface area contributed by atoms with Crippen molar-refractivity contribution in [1.29, 1.82) is 0 Å². The molecular weight excluding hydrogens is 569 g/mol. The fourth-order valence-electron chi connectivity index (χ4n) is 4.11. The first-order valence-electron chi connectivity index (χ1n) is 12.9. The second-order valence-corrected chi connectivity index (χ2v) is 12.9. The lowest BCUT2D eigenvalue weighted by Gasteiger charge is -2.33. The van der Waals surface area contributed by atoms with Crippen molar-refractivity contribution < 1.29 is 18.0 Å². The molecule has 1 atom stereocenters. The van der Waals surface area contributed by atoms with Crippen LogP contribution >= 0.6 is 23.2 Å². The highest BCUT2D eigenvalue weighted by molar-refractivity contribution is 7.92. The van der Waals surface area contributed by atoms with Gasteiger partial charge in [-0.25, -0.2) is 8.42 Å². The first-order chi connectivity index (χ1) is 18.8. The Hall–Kier alpha value is -3.07. The molecule has 0 bridgehead atoms. The Morgan fingerprint density at radius 3 is 2.15 bits per heavy atom. The summed E-state index contributed by atoms with van der Waals surface area (Å²) >= 11 is 12.4. The molecule has 0 aliphatic heterocycles. The maximum absolute atomic E-state index is 14.1. The van der Waals surface area contributed by atoms with Gasteiger partial charge in [0.25, 0.3) is 0 Å². The normalized spacial score (nSPS) is 12.2. The minimum atomic E-state index is -3.87. The molecule has 0 heterocycles. The summed E-state index contributed by atoms with van der Waals surface area (Å²) in [7, 11) is -3.87. The van der Waals surface area contributed by atoms with Gasteiger partial charge < -0.3 is 10.2 Å². The highest BCUT2D eigenvalue weighted by Gasteiger charge is 2.33. The van der Waals surface area contributed by atoms with Crippen molar-refractivity contribution in [3.05, 3.63) is 99.5 Å². The highest BCUT2D eigenvalue weighted by Crippen LogP contribution is 2.26. The van der Waals surface area contributed by atoms with Crippen LogP contribution in [0.1, 0.15) is 30.5 Å². The van der Waals surface area contributed by atoms with E-state index in [2.05, 4.69) is 5.32 Å². The standard InChI is InChI=1S/C30H35Cl2N3O4S/c1-21(2)18-33-30(37)28(16-23-8-6-5-7-9-23)34(19-24-11-13-25(31)14-12-24)29(36)20-35(40(4,38)39)26-15-10-22(3)27(32)17-26/h5-15,17,21,28H,16,18-20H2,1-4H3,(H,33,37)/t28-/m0/s1. The molecule has 10 heteroatoms. The summed E-state index contributed by atoms with van der Waals surface area (Å²) in [5.74, 6) is -0.643. The molecule has 1 N–H and O–H groups in total. The highest BCUT2D eigenvalue weighted by atomic mass is 35.5. The van der Waals surface area contributed by atoms with Gasteiger partial charge in [-0.3, -0.25) is 13.9 Å². The first-order valence-corrected chi connectivity index (χ1v) is 15.5. The molecule has 3 rings (SSSR count). The van der Waals surface area contributed by atoms with Gasteiger partial charge in [0, 0.05) is 29.6 Å². The molecule has 0 aromatic heterocycles. The fourth-order valence-corrected chi connectivity index (χ4v) is 5.26. The number of nitrogens with zero attached hydrogens (tertiary/aromatic N) is 2. The molecule has 0 aliphatic carbocycles. The van der Waals surface area contributed by atoms with E-state index in [0.717, 1.165) is 27.3 Å². The Morgan fingerprint density at radius 2 is 1.57 bits per heavy atom. The number of rotatable bonds is 12. The number of anilines is 1. The van der Waals surface area contributed by atoms with E-state index in [4.69, 9.17) is 23.2 Å². The summed E-state index contributed by atoms with van der Waals surface area (Å²) in [6.07, 6.45) is 1.29. The number of aryl methyl sites for hydroxylation is 1. The maximum atomic E-state index is 14.1. The van der Waals surface area contributed by atoms with E-state index in [1.807, 2.05) is 44.2 Å². The summed E-state index contributed by atoms with van der Waals surface area (Å²) in [4.78, 5) is 29.1. The van der Waals surface area contributed by atoms with Gasteiger partial charge in [-0.1, -0.05) is 85.6 Å². The third-order valence-electron chi connectivity index (χ3n) is 6.34. The Bertz CT molecular complexity index is 1410. The molecule has 0 saturated heterocycles. The van der Waals surface area contributed by atoms with Gasteiger partial charge in [0.1, 0.15) is 12.6 Å². The van der Waals surface area contributed by atoms with Crippen LogP contribution < -0.4 is 9.62 Å². The van der Waals surface area contributed by atoms with Crippen LogP contribution in [0.4, 0.5) is 5.69 Å². The zero-order valence-electron chi connectivity index (χ0n) is 23.1. The summed E-state index contributed by atoms with van der Waals surface area (Å²) in [6.45, 7) is 5.79. The van der Waals surface area contributed by atoms with Crippen molar-refractivity contribution in [1.82, 2.24) is 10.2 Å². The quantitative estimate of drug-likeness (QED) is 0.297. The second kappa shape index (κ2) is 14.0. The van der Waals surface area contributed by atoms with Gasteiger partial charge in [-0.2, -0.15) is 0 Å². The molecule has 0 aliphatic rings. The van der Waals surface area contributed by atoms with Crippen molar-refractivity contribution in [3.63, 3.8) is 0 Å². The van der Waals surface area contributed by atoms with Crippen molar-refractivity contribution >= 4 is 50.7 Å². The number of carbonyl (C=O) groups excluding carboxylic acids is 2. The monoisotopic (exact) mass is 603 g/mol. The van der Waals surface area contributed by atoms with Gasteiger partial charge in [0.15, 0.2) is 0 Å². The van der Waals surface area contributed by atoms with E-state index in [9.17, 15) is 18.0 Å². The molecular formula is C30H35Cl2N3O4S. The molecule has 0 saturated carbocycles. The average molecular weight is 605 g/mol. The summed E-state index contributed by atoms with van der Waals surface area (Å²) in [6, 6.07) is 20.3. The predicted octanol–water partition coefficient (Wildman–Crippen LogP) is 5.48. The van der Waals surface area contributed by atoms with E-state index >= 15 is 0 Å². The molecule has 214 valence electrons. The van der Waals surface area contributed by atoms with Gasteiger partial charge in [-0.05, 0) is 53.8 Å². The molecule has 0 radical (unpaired) electrons. The van der Waals surface area contributed by atoms with Crippen LogP contribution in [0.5, 0.6) is 0 Å². The van der Waals surface area contributed by atoms with E-state index < -0.39 is 28.5 Å². The minimum Gasteiger partial charge on any atom is -0.354 e. The van der Waals surface area contributed by atoms with Crippen molar-refractivity contribution in [2.75, 3.05) is 23.7 Å². The van der Waals surface area contributed by atoms with Crippen LogP contribution in [0, 0.1) is 12.8 Å². The van der Waals surface area contributed by atoms with Crippen LogP contribution in [0.15, 0.2) is 72.8 Å². The molecule has 3 aromatic rings. The molecule has 2 amide bonds. The third kappa shape index (κ3) is 8.98. The minimum absolute atomic E-state index is 0.0782. The number of hydrogen-bond donors (Lipinski definition) is 1. The molecule has 0 spiro atoms. The molecule has 3 aromatic carbocycles. The van der Waals surface area contributed by atoms with Crippen molar-refractivity contribution in [3.8, 4) is 0 Å². The zero-order chi connectivity index (χ0) is 29.4. The van der Waals surface area contributed by atoms with Crippen LogP contribution in [0.2, 0.25) is 10.0 Å². The van der Waals surface area contributed by atoms with Crippen LogP contribution in [0.25, 0.3) is 0 Å². The predicted molar refractivity (Wildman–Crippen MR) is 162 cm³/mol. The lowest BCUT2D eigenvalue weighted by molar-refractivity contribution is -0.140. The van der Waals surface area contributed by atoms with Gasteiger partial charge in [-0.15, -0.1) is 0 Å². The van der Waals surface area contributed by atoms with Crippen LogP contribution in [-0.2, 0) is 32.6 Å². The van der Waals surface area contributed by atoms with Crippen LogP contribution in [-0.4, -0.2) is 50.5 Å². The lowest BCUT2D eigenvalue weighted by Crippen LogP contribution is -2.53. The third-order valence-corrected chi connectivity index (χ3v) is 8.14. The van der Waals surface area contributed by atoms with E-state index in [-0.39, 0.29) is 30.5 Å². The Labute approximate surface area is 247 Å². The number of hydrogen-bond acceptors (Lipinski definition) is 4. The van der Waals surface area contributed by atoms with Gasteiger partial charge >= 0.3 is 0 Å². The topological polar surface area (TPSA) is 86.8 Å². The lowest BCUT2D eigenvalue weighted by atomic mass is 10.0. The van der Waals surface area contributed by atoms with Crippen LogP contribution in [0.3, 0.4) is 0 Å². The number of nitrogens with one attached hydrogen (secondary N) is 1. The molecule has 7 nitrogen and oxygen atoms in total. The number of sulfonamides is 1. The van der Waals surface area contributed by atoms with Crippen molar-refractivity contribution in [2.45, 2.75) is 39.8 Å². The maximum Gasteiger partial charge on any atom is 0.244 e. The van der Waals surface area contributed by atoms with E-state index in [0.29, 0.717) is 16.6 Å². The second-order valence-electron chi connectivity index (χ2n) is 10.2. The van der Waals surface area contributed by atoms with Gasteiger partial charge in [0.05, 0.1) is 11.9 Å². The fraction of sp³-hybridized carbons (Fsp3) is 0.333. The Balaban J connectivity index is 2.05. The summed E-state index contributed by atoms with van der Waals surface area (Å²) in [5.41, 5.74) is 2.66. The summed E-state index contributed by atoms with van der Waals surface area (Å²) in [5, 5.41) is 3.88. The number of amides is 2.